The van der Waals surface area contributed by atoms with Gasteiger partial charge in [-0.3, -0.25) is 14.6 Å². The first kappa shape index (κ1) is 19.9. The van der Waals surface area contributed by atoms with Crippen LogP contribution in [0, 0.1) is 5.92 Å². The highest BCUT2D eigenvalue weighted by Gasteiger charge is 2.25. The molecule has 1 fully saturated rings. The summed E-state index contributed by atoms with van der Waals surface area (Å²) >= 11 is 0. The lowest BCUT2D eigenvalue weighted by Crippen LogP contribution is -2.32. The number of nitrogens with zero attached hydrogens (tertiary/aromatic N) is 1. The van der Waals surface area contributed by atoms with E-state index in [4.69, 9.17) is 11.5 Å². The monoisotopic (exact) mass is 402 g/mol. The molecule has 1 saturated carbocycles. The van der Waals surface area contributed by atoms with Crippen LogP contribution in [0.1, 0.15) is 58.5 Å². The molecular formula is C24H26N4O2. The van der Waals surface area contributed by atoms with Crippen molar-refractivity contribution >= 4 is 33.8 Å². The van der Waals surface area contributed by atoms with E-state index in [1.54, 1.807) is 18.2 Å². The van der Waals surface area contributed by atoms with Gasteiger partial charge in [0.05, 0.1) is 5.56 Å². The quantitative estimate of drug-likeness (QED) is 0.442. The lowest BCUT2D eigenvalue weighted by Gasteiger charge is -2.22. The van der Waals surface area contributed by atoms with Crippen molar-refractivity contribution in [2.75, 3.05) is 18.0 Å². The molecule has 0 saturated heterocycles. The molecule has 5 N–H and O–H groups in total. The molecule has 0 unspecified atom stereocenters. The third kappa shape index (κ3) is 3.85. The van der Waals surface area contributed by atoms with Gasteiger partial charge in [0.25, 0.3) is 5.91 Å². The normalized spacial score (nSPS) is 14.5. The van der Waals surface area contributed by atoms with Crippen molar-refractivity contribution in [3.05, 3.63) is 65.5 Å². The Morgan fingerprint density at radius 3 is 2.43 bits per heavy atom. The Morgan fingerprint density at radius 2 is 1.67 bits per heavy atom. The summed E-state index contributed by atoms with van der Waals surface area (Å²) in [5.41, 5.74) is 13.7. The molecule has 0 aliphatic heterocycles. The number of anilines is 2. The van der Waals surface area contributed by atoms with Crippen molar-refractivity contribution in [2.24, 2.45) is 5.92 Å². The molecule has 1 aliphatic carbocycles. The van der Waals surface area contributed by atoms with Crippen LogP contribution in [-0.2, 0) is 0 Å². The standard InChI is InChI=1S/C24H26N4O2/c25-19-11-10-18(16-8-4-5-9-17(16)19)23(29)21-20(26)12-13-27-22(21)24(30)28-14-15-6-2-1-3-7-15/h4-5,8-13,15H,1-3,6-7,14,25H2,(H2,26,27)(H,28,30). The summed E-state index contributed by atoms with van der Waals surface area (Å²) in [6.07, 6.45) is 7.36. The minimum atomic E-state index is -0.365. The first-order chi connectivity index (χ1) is 14.6. The van der Waals surface area contributed by atoms with Gasteiger partial charge < -0.3 is 16.8 Å². The summed E-state index contributed by atoms with van der Waals surface area (Å²) in [5, 5.41) is 4.47. The van der Waals surface area contributed by atoms with Crippen LogP contribution in [0.25, 0.3) is 10.8 Å². The maximum Gasteiger partial charge on any atom is 0.270 e. The van der Waals surface area contributed by atoms with Crippen LogP contribution in [0.3, 0.4) is 0 Å². The molecule has 2 aromatic carbocycles. The number of benzene rings is 2. The van der Waals surface area contributed by atoms with Crippen molar-refractivity contribution in [3.63, 3.8) is 0 Å². The third-order valence-electron chi connectivity index (χ3n) is 5.90. The summed E-state index contributed by atoms with van der Waals surface area (Å²) in [4.78, 5) is 30.6. The van der Waals surface area contributed by atoms with Crippen molar-refractivity contribution in [1.29, 1.82) is 0 Å². The number of aromatic nitrogens is 1. The number of fused-ring (bicyclic) bond motifs is 1. The molecule has 1 amide bonds. The van der Waals surface area contributed by atoms with E-state index < -0.39 is 0 Å². The number of carbonyl (C=O) groups excluding carboxylic acids is 2. The average molecular weight is 402 g/mol. The van der Waals surface area contributed by atoms with Gasteiger partial charge in [0.1, 0.15) is 5.69 Å². The van der Waals surface area contributed by atoms with Crippen LogP contribution in [0.4, 0.5) is 11.4 Å². The molecule has 6 heteroatoms. The highest BCUT2D eigenvalue weighted by molar-refractivity contribution is 6.22. The predicted molar refractivity (Wildman–Crippen MR) is 119 cm³/mol. The second kappa shape index (κ2) is 8.53. The zero-order valence-electron chi connectivity index (χ0n) is 16.9. The number of carbonyl (C=O) groups is 2. The lowest BCUT2D eigenvalue weighted by molar-refractivity contribution is 0.0928. The second-order valence-corrected chi connectivity index (χ2v) is 7.91. The van der Waals surface area contributed by atoms with Crippen molar-refractivity contribution in [1.82, 2.24) is 10.3 Å². The molecule has 6 nitrogen and oxygen atoms in total. The molecular weight excluding hydrogens is 376 g/mol. The number of nitrogens with one attached hydrogen (secondary N) is 1. The number of amides is 1. The number of nitrogens with two attached hydrogens (primary N) is 2. The molecule has 0 radical (unpaired) electrons. The van der Waals surface area contributed by atoms with Crippen molar-refractivity contribution < 1.29 is 9.59 Å². The molecule has 0 spiro atoms. The molecule has 1 aromatic heterocycles. The molecule has 1 heterocycles. The smallest absolute Gasteiger partial charge is 0.270 e. The summed E-state index contributed by atoms with van der Waals surface area (Å²) in [6.45, 7) is 0.591. The van der Waals surface area contributed by atoms with Crippen LogP contribution < -0.4 is 16.8 Å². The number of hydrogen-bond donors (Lipinski definition) is 3. The van der Waals surface area contributed by atoms with E-state index in [9.17, 15) is 9.59 Å². The molecule has 154 valence electrons. The second-order valence-electron chi connectivity index (χ2n) is 7.91. The SMILES string of the molecule is Nc1ccnc(C(=O)NCC2CCCCC2)c1C(=O)c1ccc(N)c2ccccc12. The van der Waals surface area contributed by atoms with Gasteiger partial charge in [-0.2, -0.15) is 0 Å². The maximum atomic E-state index is 13.5. The first-order valence-electron chi connectivity index (χ1n) is 10.4. The Bertz CT molecular complexity index is 1100. The van der Waals surface area contributed by atoms with Gasteiger partial charge in [-0.05, 0) is 42.3 Å². The van der Waals surface area contributed by atoms with Crippen molar-refractivity contribution in [2.45, 2.75) is 32.1 Å². The lowest BCUT2D eigenvalue weighted by atomic mass is 9.89. The van der Waals surface area contributed by atoms with Crippen LogP contribution in [0.2, 0.25) is 0 Å². The van der Waals surface area contributed by atoms with E-state index in [0.29, 0.717) is 23.7 Å². The Morgan fingerprint density at radius 1 is 0.933 bits per heavy atom. The highest BCUT2D eigenvalue weighted by Crippen LogP contribution is 2.29. The number of rotatable bonds is 5. The first-order valence-corrected chi connectivity index (χ1v) is 10.4. The molecule has 0 bridgehead atoms. The Labute approximate surface area is 175 Å². The Kier molecular flexibility index (Phi) is 5.65. The number of pyridine rings is 1. The fraction of sp³-hybridized carbons (Fsp3) is 0.292. The molecule has 30 heavy (non-hydrogen) atoms. The summed E-state index contributed by atoms with van der Waals surface area (Å²) in [7, 11) is 0. The van der Waals surface area contributed by atoms with Gasteiger partial charge in [-0.1, -0.05) is 43.5 Å². The van der Waals surface area contributed by atoms with Crippen LogP contribution >= 0.6 is 0 Å². The summed E-state index contributed by atoms with van der Waals surface area (Å²) in [5.74, 6) is -0.223. The van der Waals surface area contributed by atoms with Crippen LogP contribution in [0.15, 0.2) is 48.7 Å². The van der Waals surface area contributed by atoms with E-state index in [1.807, 2.05) is 24.3 Å². The van der Waals surface area contributed by atoms with Crippen molar-refractivity contribution in [3.8, 4) is 0 Å². The zero-order chi connectivity index (χ0) is 21.1. The fourth-order valence-electron chi connectivity index (χ4n) is 4.25. The van der Waals surface area contributed by atoms with Gasteiger partial charge in [0, 0.05) is 35.1 Å². The molecule has 0 atom stereocenters. The van der Waals surface area contributed by atoms with Crippen LogP contribution in [0.5, 0.6) is 0 Å². The summed E-state index contributed by atoms with van der Waals surface area (Å²) < 4.78 is 0. The van der Waals surface area contributed by atoms with E-state index in [2.05, 4.69) is 10.3 Å². The Hall–Kier alpha value is -3.41. The number of hydrogen-bond acceptors (Lipinski definition) is 5. The van der Waals surface area contributed by atoms with Gasteiger partial charge in [-0.15, -0.1) is 0 Å². The number of ketones is 1. The maximum absolute atomic E-state index is 13.5. The van der Waals surface area contributed by atoms with Gasteiger partial charge in [-0.25, -0.2) is 0 Å². The van der Waals surface area contributed by atoms with E-state index in [0.717, 1.165) is 23.6 Å². The number of nitrogen functional groups attached to an aromatic ring is 2. The minimum absolute atomic E-state index is 0.0664. The van der Waals surface area contributed by atoms with E-state index >= 15 is 0 Å². The van der Waals surface area contributed by atoms with Gasteiger partial charge in [0.15, 0.2) is 5.78 Å². The third-order valence-corrected chi connectivity index (χ3v) is 5.90. The molecule has 3 aromatic rings. The Balaban J connectivity index is 1.67. The predicted octanol–water partition coefficient (Wildman–Crippen LogP) is 3.94. The molecule has 4 rings (SSSR count). The van der Waals surface area contributed by atoms with Gasteiger partial charge >= 0.3 is 0 Å². The minimum Gasteiger partial charge on any atom is -0.398 e. The molecule has 1 aliphatic rings. The average Bonchev–Trinajstić information content (AvgIpc) is 2.78. The zero-order valence-corrected chi connectivity index (χ0v) is 16.9. The fourth-order valence-corrected chi connectivity index (χ4v) is 4.25. The van der Waals surface area contributed by atoms with E-state index in [1.165, 1.54) is 25.5 Å². The van der Waals surface area contributed by atoms with Crippen LogP contribution in [-0.4, -0.2) is 23.2 Å². The summed E-state index contributed by atoms with van der Waals surface area (Å²) in [6, 6.07) is 12.4. The van der Waals surface area contributed by atoms with E-state index in [-0.39, 0.29) is 28.6 Å². The highest BCUT2D eigenvalue weighted by atomic mass is 16.2. The van der Waals surface area contributed by atoms with Gasteiger partial charge in [0.2, 0.25) is 0 Å². The largest absolute Gasteiger partial charge is 0.398 e. The topological polar surface area (TPSA) is 111 Å².